The van der Waals surface area contributed by atoms with E-state index in [-0.39, 0.29) is 0 Å². The first kappa shape index (κ1) is 5.88. The van der Waals surface area contributed by atoms with Gasteiger partial charge in [-0.1, -0.05) is 12.7 Å². The van der Waals surface area contributed by atoms with E-state index in [9.17, 15) is 0 Å². The van der Waals surface area contributed by atoms with Crippen molar-refractivity contribution >= 4 is 5.84 Å². The number of aliphatic imine (C=N–C) groups is 1. The van der Waals surface area contributed by atoms with Crippen molar-refractivity contribution in [3.63, 3.8) is 0 Å². The molecule has 0 unspecified atom stereocenters. The van der Waals surface area contributed by atoms with E-state index in [0.717, 1.165) is 12.3 Å². The summed E-state index contributed by atoms with van der Waals surface area (Å²) in [5.74, 6) is 1.53. The summed E-state index contributed by atoms with van der Waals surface area (Å²) >= 11 is 0. The Balaban J connectivity index is 2.51. The molecule has 1 heterocycles. The lowest BCUT2D eigenvalue weighted by atomic mass is 10.4. The van der Waals surface area contributed by atoms with Crippen molar-refractivity contribution < 1.29 is 0 Å². The van der Waals surface area contributed by atoms with Gasteiger partial charge in [-0.3, -0.25) is 10.9 Å². The summed E-state index contributed by atoms with van der Waals surface area (Å²) in [6.07, 6.45) is 2.54. The molecule has 0 spiro atoms. The molecule has 0 aliphatic carbocycles. The molecular weight excluding hydrogens is 114 g/mol. The molecule has 3 nitrogen and oxygen atoms in total. The largest absolute Gasteiger partial charge is 0.286 e. The van der Waals surface area contributed by atoms with Crippen LogP contribution < -0.4 is 10.9 Å². The summed E-state index contributed by atoms with van der Waals surface area (Å²) in [6, 6.07) is 0. The molecule has 0 bridgehead atoms. The Morgan fingerprint density at radius 3 is 2.78 bits per heavy atom. The maximum atomic E-state index is 4.01. The van der Waals surface area contributed by atoms with Crippen LogP contribution in [-0.4, -0.2) is 5.84 Å². The summed E-state index contributed by atoms with van der Waals surface area (Å²) < 4.78 is 0. The quantitative estimate of drug-likeness (QED) is 0.526. The highest BCUT2D eigenvalue weighted by Gasteiger charge is 2.03. The van der Waals surface area contributed by atoms with Gasteiger partial charge < -0.3 is 0 Å². The van der Waals surface area contributed by atoms with Gasteiger partial charge in [0.25, 0.3) is 0 Å². The van der Waals surface area contributed by atoms with Gasteiger partial charge in [0.05, 0.1) is 0 Å². The number of hydrogen-bond acceptors (Lipinski definition) is 3. The third-order valence-electron chi connectivity index (χ3n) is 0.959. The molecule has 0 aromatic heterocycles. The van der Waals surface area contributed by atoms with Crippen LogP contribution in [0.15, 0.2) is 30.0 Å². The number of amidine groups is 1. The molecule has 0 fully saturated rings. The SMILES string of the molecule is C=CCC1=NC(=C)NN1. The smallest absolute Gasteiger partial charge is 0.139 e. The molecule has 0 saturated heterocycles. The highest BCUT2D eigenvalue weighted by molar-refractivity contribution is 5.85. The molecular formula is C6H9N3. The number of hydrazine groups is 1. The van der Waals surface area contributed by atoms with Gasteiger partial charge in [0.2, 0.25) is 0 Å². The molecule has 1 rings (SSSR count). The minimum absolute atomic E-state index is 0.659. The second kappa shape index (κ2) is 2.35. The number of rotatable bonds is 2. The van der Waals surface area contributed by atoms with Crippen LogP contribution in [0.2, 0.25) is 0 Å². The van der Waals surface area contributed by atoms with Crippen molar-refractivity contribution in [3.05, 3.63) is 25.1 Å². The third kappa shape index (κ3) is 1.32. The van der Waals surface area contributed by atoms with Crippen LogP contribution in [0.1, 0.15) is 6.42 Å². The van der Waals surface area contributed by atoms with E-state index in [4.69, 9.17) is 0 Å². The summed E-state index contributed by atoms with van der Waals surface area (Å²) in [7, 11) is 0. The monoisotopic (exact) mass is 123 g/mol. The van der Waals surface area contributed by atoms with E-state index in [0.29, 0.717) is 5.82 Å². The topological polar surface area (TPSA) is 36.4 Å². The molecule has 1 aliphatic heterocycles. The lowest BCUT2D eigenvalue weighted by molar-refractivity contribution is 0.807. The molecule has 2 N–H and O–H groups in total. The van der Waals surface area contributed by atoms with E-state index < -0.39 is 0 Å². The lowest BCUT2D eigenvalue weighted by Gasteiger charge is -1.94. The van der Waals surface area contributed by atoms with Crippen LogP contribution in [0.25, 0.3) is 0 Å². The zero-order valence-corrected chi connectivity index (χ0v) is 5.15. The highest BCUT2D eigenvalue weighted by atomic mass is 15.5. The predicted molar refractivity (Wildman–Crippen MR) is 37.7 cm³/mol. The van der Waals surface area contributed by atoms with Crippen LogP contribution in [0, 0.1) is 0 Å². The normalized spacial score (nSPS) is 16.0. The van der Waals surface area contributed by atoms with Crippen LogP contribution in [0.4, 0.5) is 0 Å². The standard InChI is InChI=1S/C6H9N3/c1-3-4-6-7-5(2)8-9-6/h3,8H,1-2,4H2,(H,7,9). The lowest BCUT2D eigenvalue weighted by Crippen LogP contribution is -2.28. The first-order valence-electron chi connectivity index (χ1n) is 2.72. The van der Waals surface area contributed by atoms with Crippen molar-refractivity contribution in [2.45, 2.75) is 6.42 Å². The second-order valence-corrected chi connectivity index (χ2v) is 1.75. The molecule has 0 aromatic carbocycles. The molecule has 0 radical (unpaired) electrons. The number of hydrogen-bond donors (Lipinski definition) is 2. The van der Waals surface area contributed by atoms with Gasteiger partial charge in [-0.2, -0.15) is 0 Å². The molecule has 48 valence electrons. The average molecular weight is 123 g/mol. The van der Waals surface area contributed by atoms with Gasteiger partial charge in [0.15, 0.2) is 0 Å². The van der Waals surface area contributed by atoms with Crippen LogP contribution in [-0.2, 0) is 0 Å². The zero-order valence-electron chi connectivity index (χ0n) is 5.15. The Labute approximate surface area is 54.1 Å². The maximum Gasteiger partial charge on any atom is 0.139 e. The Hall–Kier alpha value is -1.25. The first-order valence-corrected chi connectivity index (χ1v) is 2.72. The highest BCUT2D eigenvalue weighted by Crippen LogP contribution is 1.95. The summed E-state index contributed by atoms with van der Waals surface area (Å²) in [5.41, 5.74) is 5.59. The van der Waals surface area contributed by atoms with Gasteiger partial charge in [-0.25, -0.2) is 4.99 Å². The molecule has 0 atom stereocenters. The maximum absolute atomic E-state index is 4.01. The van der Waals surface area contributed by atoms with E-state index in [2.05, 4.69) is 29.0 Å². The fourth-order valence-corrected chi connectivity index (χ4v) is 0.596. The summed E-state index contributed by atoms with van der Waals surface area (Å²) in [6.45, 7) is 7.16. The minimum atomic E-state index is 0.659. The Kier molecular flexibility index (Phi) is 1.53. The molecule has 1 aliphatic rings. The van der Waals surface area contributed by atoms with E-state index in [1.54, 1.807) is 6.08 Å². The average Bonchev–Trinajstić information content (AvgIpc) is 2.17. The van der Waals surface area contributed by atoms with Crippen molar-refractivity contribution in [2.24, 2.45) is 4.99 Å². The van der Waals surface area contributed by atoms with Crippen molar-refractivity contribution in [1.82, 2.24) is 10.9 Å². The first-order chi connectivity index (χ1) is 4.33. The minimum Gasteiger partial charge on any atom is -0.286 e. The van der Waals surface area contributed by atoms with Crippen LogP contribution in [0.3, 0.4) is 0 Å². The summed E-state index contributed by atoms with van der Waals surface area (Å²) in [5, 5.41) is 0. The molecule has 9 heavy (non-hydrogen) atoms. The van der Waals surface area contributed by atoms with Crippen LogP contribution in [0.5, 0.6) is 0 Å². The Morgan fingerprint density at radius 2 is 2.33 bits per heavy atom. The number of nitrogens with one attached hydrogen (secondary N) is 2. The van der Waals surface area contributed by atoms with Gasteiger partial charge >= 0.3 is 0 Å². The van der Waals surface area contributed by atoms with Crippen molar-refractivity contribution in [3.8, 4) is 0 Å². The zero-order chi connectivity index (χ0) is 6.69. The third-order valence-corrected chi connectivity index (χ3v) is 0.959. The Morgan fingerprint density at radius 1 is 1.56 bits per heavy atom. The second-order valence-electron chi connectivity index (χ2n) is 1.75. The van der Waals surface area contributed by atoms with Gasteiger partial charge in [-0.15, -0.1) is 6.58 Å². The fraction of sp³-hybridized carbons (Fsp3) is 0.167. The molecule has 3 heteroatoms. The Bertz CT molecular complexity index is 169. The van der Waals surface area contributed by atoms with Crippen LogP contribution >= 0.6 is 0 Å². The van der Waals surface area contributed by atoms with E-state index >= 15 is 0 Å². The van der Waals surface area contributed by atoms with E-state index in [1.807, 2.05) is 0 Å². The fourth-order valence-electron chi connectivity index (χ4n) is 0.596. The van der Waals surface area contributed by atoms with Gasteiger partial charge in [0, 0.05) is 6.42 Å². The molecule has 0 saturated carbocycles. The van der Waals surface area contributed by atoms with Crippen molar-refractivity contribution in [1.29, 1.82) is 0 Å². The molecule has 0 aromatic rings. The van der Waals surface area contributed by atoms with Gasteiger partial charge in [-0.05, 0) is 0 Å². The van der Waals surface area contributed by atoms with E-state index in [1.165, 1.54) is 0 Å². The number of nitrogens with zero attached hydrogens (tertiary/aromatic N) is 1. The van der Waals surface area contributed by atoms with Crippen molar-refractivity contribution in [2.75, 3.05) is 0 Å². The summed E-state index contributed by atoms with van der Waals surface area (Å²) in [4.78, 5) is 4.01. The predicted octanol–water partition coefficient (Wildman–Crippen LogP) is 0.540. The molecule has 0 amide bonds. The van der Waals surface area contributed by atoms with Gasteiger partial charge in [0.1, 0.15) is 11.7 Å².